The van der Waals surface area contributed by atoms with Crippen LogP contribution in [0, 0.1) is 0 Å². The molecule has 0 bridgehead atoms. The molecule has 1 aromatic rings. The Hall–Kier alpha value is -0.563. The zero-order valence-electron chi connectivity index (χ0n) is 22.9. The van der Waals surface area contributed by atoms with E-state index in [2.05, 4.69) is 44.2 Å². The molecule has 0 saturated carbocycles. The number of aryl methyl sites for hydroxylation is 1. The zero-order valence-corrected chi connectivity index (χ0v) is 24.1. The first-order valence-corrected chi connectivity index (χ1v) is 17.9. The van der Waals surface area contributed by atoms with Crippen molar-refractivity contribution in [3.05, 3.63) is 35.9 Å². The Morgan fingerprint density at radius 1 is 0.424 bits per heavy atom. The second-order valence-corrected chi connectivity index (χ2v) is 14.3. The molecule has 0 aliphatic heterocycles. The van der Waals surface area contributed by atoms with Gasteiger partial charge in [0.1, 0.15) is 0 Å². The van der Waals surface area contributed by atoms with Crippen molar-refractivity contribution in [1.82, 2.24) is 0 Å². The van der Waals surface area contributed by atoms with Crippen LogP contribution < -0.4 is 0 Å². The van der Waals surface area contributed by atoms with E-state index in [1.165, 1.54) is 128 Å². The van der Waals surface area contributed by atoms with Crippen LogP contribution in [0.4, 0.5) is 0 Å². The smallest absolute Gasteiger partial charge is 0.0367 e. The summed E-state index contributed by atoms with van der Waals surface area (Å²) in [4.78, 5) is 0. The Bertz CT molecular complexity index is 463. The first-order chi connectivity index (χ1) is 16.4. The number of benzene rings is 1. The molecule has 192 valence electrons. The maximum atomic E-state index is 2.32. The Kier molecular flexibility index (Phi) is 22.7. The van der Waals surface area contributed by atoms with Gasteiger partial charge >= 0.3 is 0 Å². The van der Waals surface area contributed by atoms with E-state index < -0.39 is 8.80 Å². The summed E-state index contributed by atoms with van der Waals surface area (Å²) in [6.07, 6.45) is 30.8. The third-order valence-corrected chi connectivity index (χ3v) is 11.3. The summed E-state index contributed by atoms with van der Waals surface area (Å²) >= 11 is 0. The van der Waals surface area contributed by atoms with Gasteiger partial charge in [0.2, 0.25) is 0 Å². The molecule has 0 atom stereocenters. The van der Waals surface area contributed by atoms with Gasteiger partial charge in [-0.25, -0.2) is 0 Å². The normalized spacial score (nSPS) is 11.5. The van der Waals surface area contributed by atoms with Crippen molar-refractivity contribution < 1.29 is 0 Å². The summed E-state index contributed by atoms with van der Waals surface area (Å²) < 4.78 is 0. The molecular weight excluding hydrogens is 412 g/mol. The van der Waals surface area contributed by atoms with Crippen LogP contribution in [0.3, 0.4) is 0 Å². The van der Waals surface area contributed by atoms with Crippen molar-refractivity contribution >= 4 is 8.80 Å². The lowest BCUT2D eigenvalue weighted by atomic mass is 10.1. The van der Waals surface area contributed by atoms with E-state index in [9.17, 15) is 0 Å². The summed E-state index contributed by atoms with van der Waals surface area (Å²) in [7, 11) is -0.485. The molecular formula is C32H60Si. The SMILES string of the molecule is CCCCCCCCCC[SiH](CCCCCCCCCC)CCCCCCc1ccccc1. The fourth-order valence-electron chi connectivity index (χ4n) is 5.33. The highest BCUT2D eigenvalue weighted by Gasteiger charge is 2.10. The lowest BCUT2D eigenvalue weighted by molar-refractivity contribution is 0.580. The average Bonchev–Trinajstić information content (AvgIpc) is 2.84. The average molecular weight is 473 g/mol. The Morgan fingerprint density at radius 3 is 1.21 bits per heavy atom. The van der Waals surface area contributed by atoms with Gasteiger partial charge in [-0.2, -0.15) is 0 Å². The summed E-state index contributed by atoms with van der Waals surface area (Å²) in [5.41, 5.74) is 1.52. The lowest BCUT2D eigenvalue weighted by Gasteiger charge is -2.15. The molecule has 33 heavy (non-hydrogen) atoms. The molecule has 0 radical (unpaired) electrons. The van der Waals surface area contributed by atoms with Crippen LogP contribution >= 0.6 is 0 Å². The molecule has 0 heterocycles. The second kappa shape index (κ2) is 24.6. The zero-order chi connectivity index (χ0) is 23.7. The minimum atomic E-state index is -0.485. The highest BCUT2D eigenvalue weighted by atomic mass is 28.3. The molecule has 0 N–H and O–H groups in total. The van der Waals surface area contributed by atoms with E-state index in [1.807, 2.05) is 0 Å². The Labute approximate surface area is 211 Å². The molecule has 1 rings (SSSR count). The molecule has 1 aromatic carbocycles. The van der Waals surface area contributed by atoms with Gasteiger partial charge in [0.15, 0.2) is 0 Å². The van der Waals surface area contributed by atoms with E-state index in [-0.39, 0.29) is 0 Å². The number of rotatable bonds is 25. The number of hydrogen-bond donors (Lipinski definition) is 0. The highest BCUT2D eigenvalue weighted by molar-refractivity contribution is 6.58. The minimum Gasteiger partial charge on any atom is -0.0654 e. The first-order valence-electron chi connectivity index (χ1n) is 15.4. The predicted octanol–water partition coefficient (Wildman–Crippen LogP) is 11.3. The van der Waals surface area contributed by atoms with Crippen molar-refractivity contribution in [3.63, 3.8) is 0 Å². The van der Waals surface area contributed by atoms with Gasteiger partial charge in [0, 0.05) is 8.80 Å². The molecule has 0 spiro atoms. The van der Waals surface area contributed by atoms with E-state index in [4.69, 9.17) is 0 Å². The maximum absolute atomic E-state index is 2.32. The quantitative estimate of drug-likeness (QED) is 0.0980. The first kappa shape index (κ1) is 30.5. The van der Waals surface area contributed by atoms with Gasteiger partial charge in [-0.3, -0.25) is 0 Å². The summed E-state index contributed by atoms with van der Waals surface area (Å²) in [5, 5.41) is 0. The number of unbranched alkanes of at least 4 members (excludes halogenated alkanes) is 17. The minimum absolute atomic E-state index is 0.485. The monoisotopic (exact) mass is 472 g/mol. The van der Waals surface area contributed by atoms with E-state index in [0.717, 1.165) is 0 Å². The van der Waals surface area contributed by atoms with Crippen molar-refractivity contribution in [2.24, 2.45) is 0 Å². The predicted molar refractivity (Wildman–Crippen MR) is 155 cm³/mol. The van der Waals surface area contributed by atoms with Gasteiger partial charge in [-0.15, -0.1) is 0 Å². The van der Waals surface area contributed by atoms with E-state index in [0.29, 0.717) is 0 Å². The fraction of sp³-hybridized carbons (Fsp3) is 0.812. The van der Waals surface area contributed by atoms with Crippen molar-refractivity contribution in [2.45, 2.75) is 167 Å². The van der Waals surface area contributed by atoms with Crippen molar-refractivity contribution in [3.8, 4) is 0 Å². The van der Waals surface area contributed by atoms with Crippen molar-refractivity contribution in [1.29, 1.82) is 0 Å². The topological polar surface area (TPSA) is 0 Å². The third kappa shape index (κ3) is 20.5. The largest absolute Gasteiger partial charge is 0.0654 e. The van der Waals surface area contributed by atoms with Crippen LogP contribution in [0.1, 0.15) is 148 Å². The van der Waals surface area contributed by atoms with Crippen LogP contribution in [0.15, 0.2) is 30.3 Å². The van der Waals surface area contributed by atoms with Crippen LogP contribution in [0.5, 0.6) is 0 Å². The fourth-order valence-corrected chi connectivity index (χ4v) is 8.79. The second-order valence-electron chi connectivity index (χ2n) is 10.8. The standard InChI is InChI=1S/C32H60Si/c1-3-5-7-9-11-13-16-23-29-33(30-24-17-14-12-10-8-6-4-2)31-25-18-15-20-26-32-27-21-19-22-28-32/h19,21-22,27-28,33H,3-18,20,23-26,29-31H2,1-2H3. The van der Waals surface area contributed by atoms with Gasteiger partial charge in [-0.1, -0.05) is 184 Å². The molecule has 0 saturated heterocycles. The summed E-state index contributed by atoms with van der Waals surface area (Å²) in [6, 6.07) is 16.0. The lowest BCUT2D eigenvalue weighted by Crippen LogP contribution is -2.12. The molecule has 0 nitrogen and oxygen atoms in total. The van der Waals surface area contributed by atoms with Crippen LogP contribution in [-0.4, -0.2) is 8.80 Å². The number of hydrogen-bond acceptors (Lipinski definition) is 0. The van der Waals surface area contributed by atoms with E-state index >= 15 is 0 Å². The molecule has 0 aromatic heterocycles. The van der Waals surface area contributed by atoms with Crippen LogP contribution in [0.25, 0.3) is 0 Å². The third-order valence-electron chi connectivity index (χ3n) is 7.60. The maximum Gasteiger partial charge on any atom is 0.0367 e. The van der Waals surface area contributed by atoms with E-state index in [1.54, 1.807) is 31.0 Å². The summed E-state index contributed by atoms with van der Waals surface area (Å²) in [6.45, 7) is 4.64. The van der Waals surface area contributed by atoms with Gasteiger partial charge in [0.25, 0.3) is 0 Å². The van der Waals surface area contributed by atoms with Crippen molar-refractivity contribution in [2.75, 3.05) is 0 Å². The molecule has 1 heteroatoms. The van der Waals surface area contributed by atoms with Gasteiger partial charge in [-0.05, 0) is 18.4 Å². The molecule has 0 unspecified atom stereocenters. The van der Waals surface area contributed by atoms with Gasteiger partial charge in [0.05, 0.1) is 0 Å². The Morgan fingerprint density at radius 2 is 0.788 bits per heavy atom. The highest BCUT2D eigenvalue weighted by Crippen LogP contribution is 2.21. The van der Waals surface area contributed by atoms with Gasteiger partial charge < -0.3 is 0 Å². The molecule has 0 fully saturated rings. The summed E-state index contributed by atoms with van der Waals surface area (Å²) in [5.74, 6) is 0. The molecule has 0 aliphatic rings. The van der Waals surface area contributed by atoms with Crippen LogP contribution in [-0.2, 0) is 6.42 Å². The van der Waals surface area contributed by atoms with Crippen LogP contribution in [0.2, 0.25) is 18.1 Å². The molecule has 0 aliphatic carbocycles. The molecule has 0 amide bonds. The Balaban J connectivity index is 2.13.